The highest BCUT2D eigenvalue weighted by Crippen LogP contribution is 2.08. The lowest BCUT2D eigenvalue weighted by atomic mass is 10.3. The quantitative estimate of drug-likeness (QED) is 0.426. The van der Waals surface area contributed by atoms with Crippen LogP contribution in [0, 0.1) is 0 Å². The Morgan fingerprint density at radius 3 is 0.852 bits per heavy atom. The molecule has 0 aromatic rings. The second kappa shape index (κ2) is 14.7. The standard InChI is InChI=1S/C21H48N6/c1-7-22(8-2)13-16-25-19-26(17-14-23(9-3)10-4)21-27(20-25)18-15-24(11-5)12-6/h7-21H2,1-6H3. The van der Waals surface area contributed by atoms with Crippen LogP contribution >= 0.6 is 0 Å². The topological polar surface area (TPSA) is 19.4 Å². The molecule has 0 aliphatic carbocycles. The van der Waals surface area contributed by atoms with Gasteiger partial charge in [0.2, 0.25) is 0 Å². The normalized spacial score (nSPS) is 17.7. The number of hydrogen-bond acceptors (Lipinski definition) is 6. The molecule has 0 amide bonds. The van der Waals surface area contributed by atoms with Crippen molar-refractivity contribution in [3.63, 3.8) is 0 Å². The maximum absolute atomic E-state index is 2.65. The fourth-order valence-corrected chi connectivity index (χ4v) is 3.87. The van der Waals surface area contributed by atoms with Gasteiger partial charge in [-0.15, -0.1) is 0 Å². The van der Waals surface area contributed by atoms with E-state index in [9.17, 15) is 0 Å². The first-order chi connectivity index (χ1) is 13.1. The zero-order valence-electron chi connectivity index (χ0n) is 19.3. The van der Waals surface area contributed by atoms with E-state index in [4.69, 9.17) is 0 Å². The predicted octanol–water partition coefficient (Wildman–Crippen LogP) is 1.80. The van der Waals surface area contributed by atoms with E-state index in [0.29, 0.717) is 0 Å². The lowest BCUT2D eigenvalue weighted by Crippen LogP contribution is -2.58. The van der Waals surface area contributed by atoms with E-state index in [1.165, 1.54) is 39.3 Å². The fourth-order valence-electron chi connectivity index (χ4n) is 3.87. The highest BCUT2D eigenvalue weighted by atomic mass is 15.5. The molecule has 0 atom stereocenters. The van der Waals surface area contributed by atoms with E-state index < -0.39 is 0 Å². The summed E-state index contributed by atoms with van der Waals surface area (Å²) in [6, 6.07) is 0. The van der Waals surface area contributed by atoms with Crippen LogP contribution in [0.1, 0.15) is 41.5 Å². The SMILES string of the molecule is CCN(CC)CCN1CN(CCN(CC)CC)CN(CCN(CC)CC)C1. The molecule has 0 aromatic carbocycles. The van der Waals surface area contributed by atoms with Gasteiger partial charge in [0.25, 0.3) is 0 Å². The molecule has 0 N–H and O–H groups in total. The van der Waals surface area contributed by atoms with E-state index in [0.717, 1.165) is 59.3 Å². The minimum atomic E-state index is 1.12. The Bertz CT molecular complexity index is 283. The third-order valence-electron chi connectivity index (χ3n) is 6.08. The third-order valence-corrected chi connectivity index (χ3v) is 6.08. The van der Waals surface area contributed by atoms with Crippen LogP contribution in [0.5, 0.6) is 0 Å². The van der Waals surface area contributed by atoms with E-state index in [-0.39, 0.29) is 0 Å². The third kappa shape index (κ3) is 9.68. The van der Waals surface area contributed by atoms with Crippen LogP contribution in [-0.2, 0) is 0 Å². The molecule has 0 bridgehead atoms. The van der Waals surface area contributed by atoms with Crippen LogP contribution < -0.4 is 0 Å². The summed E-state index contributed by atoms with van der Waals surface area (Å²) in [5.74, 6) is 0. The van der Waals surface area contributed by atoms with Crippen LogP contribution in [-0.4, -0.2) is 128 Å². The van der Waals surface area contributed by atoms with Gasteiger partial charge in [0.15, 0.2) is 0 Å². The van der Waals surface area contributed by atoms with E-state index in [2.05, 4.69) is 70.9 Å². The van der Waals surface area contributed by atoms with Crippen molar-refractivity contribution >= 4 is 0 Å². The van der Waals surface area contributed by atoms with Crippen molar-refractivity contribution in [2.24, 2.45) is 0 Å². The summed E-state index contributed by atoms with van der Waals surface area (Å²) in [4.78, 5) is 15.5. The first-order valence-electron chi connectivity index (χ1n) is 11.4. The van der Waals surface area contributed by atoms with Gasteiger partial charge in [0, 0.05) is 39.3 Å². The highest BCUT2D eigenvalue weighted by molar-refractivity contribution is 4.73. The fraction of sp³-hybridized carbons (Fsp3) is 1.00. The molecule has 0 saturated carbocycles. The van der Waals surface area contributed by atoms with Crippen molar-refractivity contribution < 1.29 is 0 Å². The largest absolute Gasteiger partial charge is 0.303 e. The minimum Gasteiger partial charge on any atom is -0.303 e. The van der Waals surface area contributed by atoms with Crippen LogP contribution in [0.25, 0.3) is 0 Å². The van der Waals surface area contributed by atoms with Gasteiger partial charge < -0.3 is 14.7 Å². The Balaban J connectivity index is 2.58. The maximum Gasteiger partial charge on any atom is 0.0531 e. The van der Waals surface area contributed by atoms with Crippen LogP contribution in [0.2, 0.25) is 0 Å². The monoisotopic (exact) mass is 384 g/mol. The van der Waals surface area contributed by atoms with Crippen molar-refractivity contribution in [2.45, 2.75) is 41.5 Å². The predicted molar refractivity (Wildman–Crippen MR) is 118 cm³/mol. The van der Waals surface area contributed by atoms with E-state index in [1.807, 2.05) is 0 Å². The molecule has 27 heavy (non-hydrogen) atoms. The zero-order valence-corrected chi connectivity index (χ0v) is 19.3. The second-order valence-electron chi connectivity index (χ2n) is 7.69. The average Bonchev–Trinajstić information content (AvgIpc) is 2.70. The van der Waals surface area contributed by atoms with Crippen molar-refractivity contribution in [3.05, 3.63) is 0 Å². The summed E-state index contributed by atoms with van der Waals surface area (Å²) < 4.78 is 0. The Morgan fingerprint density at radius 2 is 0.667 bits per heavy atom. The number of likely N-dealkylation sites (N-methyl/N-ethyl adjacent to an activating group) is 3. The van der Waals surface area contributed by atoms with Gasteiger partial charge in [0.05, 0.1) is 20.0 Å². The molecule has 0 radical (unpaired) electrons. The lowest BCUT2D eigenvalue weighted by molar-refractivity contribution is -0.0376. The number of nitrogens with zero attached hydrogens (tertiary/aromatic N) is 6. The van der Waals surface area contributed by atoms with Crippen LogP contribution in [0.4, 0.5) is 0 Å². The lowest BCUT2D eigenvalue weighted by Gasteiger charge is -2.43. The van der Waals surface area contributed by atoms with Crippen LogP contribution in [0.3, 0.4) is 0 Å². The zero-order chi connectivity index (χ0) is 20.1. The number of rotatable bonds is 15. The second-order valence-corrected chi connectivity index (χ2v) is 7.69. The Kier molecular flexibility index (Phi) is 13.5. The first-order valence-corrected chi connectivity index (χ1v) is 11.4. The van der Waals surface area contributed by atoms with Gasteiger partial charge >= 0.3 is 0 Å². The smallest absolute Gasteiger partial charge is 0.0531 e. The molecule has 1 saturated heterocycles. The van der Waals surface area contributed by atoms with Crippen LogP contribution in [0.15, 0.2) is 0 Å². The van der Waals surface area contributed by atoms with E-state index in [1.54, 1.807) is 0 Å². The van der Waals surface area contributed by atoms with Crippen molar-refractivity contribution in [2.75, 3.05) is 98.5 Å². The molecule has 1 heterocycles. The maximum atomic E-state index is 2.65. The minimum absolute atomic E-state index is 1.12. The van der Waals surface area contributed by atoms with Gasteiger partial charge in [0.1, 0.15) is 0 Å². The summed E-state index contributed by atoms with van der Waals surface area (Å²) in [6.07, 6.45) is 0. The van der Waals surface area contributed by atoms with Gasteiger partial charge in [-0.25, -0.2) is 0 Å². The summed E-state index contributed by atoms with van der Waals surface area (Å²) in [6.45, 7) is 31.0. The summed E-state index contributed by atoms with van der Waals surface area (Å²) in [5, 5.41) is 0. The van der Waals surface area contributed by atoms with Gasteiger partial charge in [-0.2, -0.15) is 0 Å². The van der Waals surface area contributed by atoms with Crippen molar-refractivity contribution in [3.8, 4) is 0 Å². The molecule has 1 rings (SSSR count). The number of hydrogen-bond donors (Lipinski definition) is 0. The first kappa shape index (κ1) is 24.8. The molecule has 0 unspecified atom stereocenters. The Morgan fingerprint density at radius 1 is 0.444 bits per heavy atom. The summed E-state index contributed by atoms with van der Waals surface area (Å²) in [5.41, 5.74) is 0. The molecule has 1 fully saturated rings. The molecule has 0 aromatic heterocycles. The highest BCUT2D eigenvalue weighted by Gasteiger charge is 2.23. The Labute approximate surface area is 170 Å². The summed E-state index contributed by atoms with van der Waals surface area (Å²) in [7, 11) is 0. The van der Waals surface area contributed by atoms with Gasteiger partial charge in [-0.05, 0) is 39.3 Å². The van der Waals surface area contributed by atoms with Crippen molar-refractivity contribution in [1.29, 1.82) is 0 Å². The van der Waals surface area contributed by atoms with Gasteiger partial charge in [-0.3, -0.25) is 14.7 Å². The van der Waals surface area contributed by atoms with E-state index >= 15 is 0 Å². The molecule has 0 spiro atoms. The molecule has 6 heteroatoms. The summed E-state index contributed by atoms with van der Waals surface area (Å²) >= 11 is 0. The Hall–Kier alpha value is -0.240. The average molecular weight is 385 g/mol. The molecule has 1 aliphatic rings. The molecule has 6 nitrogen and oxygen atoms in total. The molecular formula is C21H48N6. The molecule has 162 valence electrons. The molecule has 1 aliphatic heterocycles. The van der Waals surface area contributed by atoms with Gasteiger partial charge in [-0.1, -0.05) is 41.5 Å². The van der Waals surface area contributed by atoms with Crippen molar-refractivity contribution in [1.82, 2.24) is 29.4 Å². The molecular weight excluding hydrogens is 336 g/mol.